The molecule has 5 nitrogen and oxygen atoms in total. The van der Waals surface area contributed by atoms with Gasteiger partial charge in [0.05, 0.1) is 18.4 Å². The number of ether oxygens (including phenoxy) is 1. The largest absolute Gasteiger partial charge is 0.497 e. The number of fused-ring (bicyclic) bond motifs is 1. The Kier molecular flexibility index (Phi) is 3.66. The number of benzene rings is 1. The summed E-state index contributed by atoms with van der Waals surface area (Å²) in [6.45, 7) is 4.82. The number of ketones is 1. The normalized spacial score (nSPS) is 13.7. The summed E-state index contributed by atoms with van der Waals surface area (Å²) in [5.41, 5.74) is 1.85. The van der Waals surface area contributed by atoms with E-state index in [0.717, 1.165) is 5.57 Å². The first-order valence-corrected chi connectivity index (χ1v) is 5.94. The number of anilines is 1. The molecule has 0 saturated heterocycles. The Labute approximate surface area is 111 Å². The molecule has 1 amide bonds. The van der Waals surface area contributed by atoms with E-state index in [1.54, 1.807) is 25.2 Å². The number of carbonyl (C=O) groups excluding carboxylic acids is 2. The molecule has 19 heavy (non-hydrogen) atoms. The second-order valence-electron chi connectivity index (χ2n) is 4.38. The fourth-order valence-corrected chi connectivity index (χ4v) is 2.09. The number of Topliss-reactive ketones (excluding diaryl/α,β-unsaturated/α-hetero) is 1. The molecule has 0 aliphatic carbocycles. The molecule has 1 aliphatic rings. The number of nitrogens with one attached hydrogen (secondary N) is 1. The second kappa shape index (κ2) is 5.24. The van der Waals surface area contributed by atoms with E-state index in [9.17, 15) is 9.59 Å². The molecule has 0 fully saturated rings. The highest BCUT2D eigenvalue weighted by atomic mass is 16.5. The van der Waals surface area contributed by atoms with Crippen LogP contribution < -0.4 is 15.0 Å². The molecule has 1 aromatic carbocycles. The van der Waals surface area contributed by atoms with Gasteiger partial charge in [0.25, 0.3) is 11.7 Å². The van der Waals surface area contributed by atoms with Gasteiger partial charge in [-0.05, 0) is 30.8 Å². The van der Waals surface area contributed by atoms with Crippen LogP contribution in [0.25, 0.3) is 0 Å². The van der Waals surface area contributed by atoms with Crippen LogP contribution in [0, 0.1) is 0 Å². The third kappa shape index (κ3) is 2.37. The molecular formula is C14H16N2O3. The number of rotatable bonds is 5. The zero-order valence-corrected chi connectivity index (χ0v) is 11.0. The molecule has 0 atom stereocenters. The first-order valence-electron chi connectivity index (χ1n) is 5.94. The number of hydrogen-bond acceptors (Lipinski definition) is 4. The minimum absolute atomic E-state index is 0.338. The lowest BCUT2D eigenvalue weighted by atomic mass is 10.1. The molecule has 0 bridgehead atoms. The van der Waals surface area contributed by atoms with Crippen LogP contribution in [0.4, 0.5) is 5.69 Å². The maximum absolute atomic E-state index is 12.0. The number of amides is 1. The first kappa shape index (κ1) is 13.3. The van der Waals surface area contributed by atoms with Gasteiger partial charge in [0.15, 0.2) is 0 Å². The third-order valence-corrected chi connectivity index (χ3v) is 2.99. The summed E-state index contributed by atoms with van der Waals surface area (Å²) >= 11 is 0. The zero-order valence-electron chi connectivity index (χ0n) is 11.0. The van der Waals surface area contributed by atoms with Gasteiger partial charge in [-0.15, -0.1) is 0 Å². The predicted molar refractivity (Wildman–Crippen MR) is 72.7 cm³/mol. The molecule has 1 N–H and O–H groups in total. The van der Waals surface area contributed by atoms with Crippen molar-refractivity contribution in [2.75, 3.05) is 32.1 Å². The Bertz CT molecular complexity index is 552. The van der Waals surface area contributed by atoms with E-state index in [0.29, 0.717) is 30.1 Å². The zero-order chi connectivity index (χ0) is 14.0. The van der Waals surface area contributed by atoms with Gasteiger partial charge in [-0.25, -0.2) is 0 Å². The number of hydrogen-bond donors (Lipinski definition) is 1. The van der Waals surface area contributed by atoms with Gasteiger partial charge in [0.1, 0.15) is 5.75 Å². The van der Waals surface area contributed by atoms with E-state index in [4.69, 9.17) is 4.74 Å². The molecule has 100 valence electrons. The van der Waals surface area contributed by atoms with E-state index >= 15 is 0 Å². The maximum atomic E-state index is 12.0. The van der Waals surface area contributed by atoms with Gasteiger partial charge in [-0.3, -0.25) is 9.59 Å². The van der Waals surface area contributed by atoms with Crippen molar-refractivity contribution in [1.29, 1.82) is 0 Å². The summed E-state index contributed by atoms with van der Waals surface area (Å²) in [6, 6.07) is 5.05. The fraction of sp³-hybridized carbons (Fsp3) is 0.286. The molecule has 0 aromatic heterocycles. The monoisotopic (exact) mass is 260 g/mol. The average Bonchev–Trinajstić information content (AvgIpc) is 2.64. The highest BCUT2D eigenvalue weighted by molar-refractivity contribution is 6.52. The van der Waals surface area contributed by atoms with Crippen LogP contribution in [0.5, 0.6) is 5.75 Å². The van der Waals surface area contributed by atoms with Crippen LogP contribution in [0.15, 0.2) is 30.4 Å². The highest BCUT2D eigenvalue weighted by Crippen LogP contribution is 2.32. The number of methoxy groups -OCH3 is 1. The Hall–Kier alpha value is -2.14. The topological polar surface area (TPSA) is 58.6 Å². The molecular weight excluding hydrogens is 244 g/mol. The van der Waals surface area contributed by atoms with E-state index in [-0.39, 0.29) is 0 Å². The van der Waals surface area contributed by atoms with Crippen molar-refractivity contribution in [2.24, 2.45) is 0 Å². The van der Waals surface area contributed by atoms with E-state index in [1.165, 1.54) is 12.0 Å². The standard InChI is InChI=1S/C14H16N2O3/c1-9(7-15-2)8-16-12-5-4-10(19-3)6-11(12)13(17)14(16)18/h4-6,15H,1,7-8H2,2-3H3. The minimum Gasteiger partial charge on any atom is -0.497 e. The smallest absolute Gasteiger partial charge is 0.299 e. The van der Waals surface area contributed by atoms with E-state index in [2.05, 4.69) is 11.9 Å². The van der Waals surface area contributed by atoms with Crippen LogP contribution in [0.2, 0.25) is 0 Å². The van der Waals surface area contributed by atoms with Crippen molar-refractivity contribution in [3.63, 3.8) is 0 Å². The summed E-state index contributed by atoms with van der Waals surface area (Å²) in [5, 5.41) is 2.97. The molecule has 0 unspecified atom stereocenters. The van der Waals surface area contributed by atoms with Gasteiger partial charge >= 0.3 is 0 Å². The second-order valence-corrected chi connectivity index (χ2v) is 4.38. The Morgan fingerprint density at radius 1 is 1.42 bits per heavy atom. The Morgan fingerprint density at radius 3 is 2.79 bits per heavy atom. The van der Waals surface area contributed by atoms with Crippen LogP contribution >= 0.6 is 0 Å². The summed E-state index contributed by atoms with van der Waals surface area (Å²) < 4.78 is 5.07. The molecule has 0 radical (unpaired) electrons. The average molecular weight is 260 g/mol. The molecule has 2 rings (SSSR count). The molecule has 5 heteroatoms. The fourth-order valence-electron chi connectivity index (χ4n) is 2.09. The lowest BCUT2D eigenvalue weighted by molar-refractivity contribution is -0.114. The maximum Gasteiger partial charge on any atom is 0.299 e. The van der Waals surface area contributed by atoms with Gasteiger partial charge in [0.2, 0.25) is 0 Å². The van der Waals surface area contributed by atoms with Crippen LogP contribution in [-0.4, -0.2) is 38.9 Å². The lowest BCUT2D eigenvalue weighted by Gasteiger charge is -2.18. The lowest BCUT2D eigenvalue weighted by Crippen LogP contribution is -2.33. The number of nitrogens with zero attached hydrogens (tertiary/aromatic N) is 1. The van der Waals surface area contributed by atoms with Crippen LogP contribution in [0.3, 0.4) is 0 Å². The Morgan fingerprint density at radius 2 is 2.16 bits per heavy atom. The summed E-state index contributed by atoms with van der Waals surface area (Å²) in [6.07, 6.45) is 0. The SMILES string of the molecule is C=C(CNC)CN1C(=O)C(=O)c2cc(OC)ccc21. The summed E-state index contributed by atoms with van der Waals surface area (Å²) in [5.74, 6) is -0.442. The quantitative estimate of drug-likeness (QED) is 0.634. The van der Waals surface area contributed by atoms with Crippen molar-refractivity contribution < 1.29 is 14.3 Å². The third-order valence-electron chi connectivity index (χ3n) is 2.99. The summed E-state index contributed by atoms with van der Waals surface area (Å²) in [7, 11) is 3.33. The van der Waals surface area contributed by atoms with Crippen LogP contribution in [0.1, 0.15) is 10.4 Å². The Balaban J connectivity index is 2.31. The van der Waals surface area contributed by atoms with Crippen LogP contribution in [-0.2, 0) is 4.79 Å². The van der Waals surface area contributed by atoms with Gasteiger partial charge in [-0.2, -0.15) is 0 Å². The molecule has 1 heterocycles. The predicted octanol–water partition coefficient (Wildman–Crippen LogP) is 1.00. The van der Waals surface area contributed by atoms with Gasteiger partial charge < -0.3 is 15.0 Å². The van der Waals surface area contributed by atoms with Gasteiger partial charge in [-0.1, -0.05) is 6.58 Å². The van der Waals surface area contributed by atoms with Crippen molar-refractivity contribution in [3.8, 4) is 5.75 Å². The number of likely N-dealkylation sites (N-methyl/N-ethyl adjacent to an activating group) is 1. The molecule has 0 spiro atoms. The number of carbonyl (C=O) groups is 2. The van der Waals surface area contributed by atoms with Crippen molar-refractivity contribution in [3.05, 3.63) is 35.9 Å². The molecule has 1 aromatic rings. The van der Waals surface area contributed by atoms with Crippen molar-refractivity contribution in [1.82, 2.24) is 5.32 Å². The summed E-state index contributed by atoms with van der Waals surface area (Å²) in [4.78, 5) is 25.4. The molecule has 1 aliphatic heterocycles. The van der Waals surface area contributed by atoms with E-state index in [1.807, 2.05) is 0 Å². The van der Waals surface area contributed by atoms with E-state index < -0.39 is 11.7 Å². The highest BCUT2D eigenvalue weighted by Gasteiger charge is 2.36. The first-order chi connectivity index (χ1) is 9.08. The van der Waals surface area contributed by atoms with Gasteiger partial charge in [0, 0.05) is 13.1 Å². The molecule has 0 saturated carbocycles. The van der Waals surface area contributed by atoms with Crippen molar-refractivity contribution >= 4 is 17.4 Å². The minimum atomic E-state index is -0.513. The van der Waals surface area contributed by atoms with Crippen molar-refractivity contribution in [2.45, 2.75) is 0 Å².